The fourth-order valence-electron chi connectivity index (χ4n) is 3.24. The second-order valence-electron chi connectivity index (χ2n) is 5.66. The molecule has 2 aliphatic rings. The van der Waals surface area contributed by atoms with Crippen LogP contribution in [0, 0.1) is 5.92 Å². The van der Waals surface area contributed by atoms with Gasteiger partial charge in [-0.3, -0.25) is 9.59 Å². The van der Waals surface area contributed by atoms with E-state index in [1.807, 2.05) is 6.92 Å². The van der Waals surface area contributed by atoms with Crippen molar-refractivity contribution in [1.82, 2.24) is 15.5 Å². The van der Waals surface area contributed by atoms with Crippen LogP contribution in [0.5, 0.6) is 0 Å². The largest absolute Gasteiger partial charge is 0.458 e. The molecule has 7 heteroatoms. The molecule has 1 aliphatic heterocycles. The molecule has 1 amide bonds. The second kappa shape index (κ2) is 5.46. The molecule has 1 atom stereocenters. The van der Waals surface area contributed by atoms with Crippen LogP contribution in [-0.2, 0) is 27.3 Å². The molecule has 1 saturated carbocycles. The minimum Gasteiger partial charge on any atom is -0.458 e. The van der Waals surface area contributed by atoms with Crippen LogP contribution < -0.4 is 5.32 Å². The van der Waals surface area contributed by atoms with Gasteiger partial charge in [-0.1, -0.05) is 6.92 Å². The van der Waals surface area contributed by atoms with E-state index < -0.39 is 11.5 Å². The molecule has 1 N–H and O–H groups in total. The van der Waals surface area contributed by atoms with E-state index in [4.69, 9.17) is 9.15 Å². The van der Waals surface area contributed by atoms with Gasteiger partial charge in [0.05, 0.1) is 18.9 Å². The van der Waals surface area contributed by atoms with Crippen molar-refractivity contribution in [3.63, 3.8) is 0 Å². The van der Waals surface area contributed by atoms with Gasteiger partial charge in [0, 0.05) is 6.42 Å². The van der Waals surface area contributed by atoms with Gasteiger partial charge in [-0.2, -0.15) is 0 Å². The summed E-state index contributed by atoms with van der Waals surface area (Å²) in [6, 6.07) is 0. The number of hydrogen-bond acceptors (Lipinski definition) is 6. The van der Waals surface area contributed by atoms with Crippen LogP contribution >= 0.6 is 0 Å². The van der Waals surface area contributed by atoms with E-state index in [1.165, 1.54) is 0 Å². The van der Waals surface area contributed by atoms with Gasteiger partial charge in [-0.05, 0) is 25.7 Å². The highest BCUT2D eigenvalue weighted by Crippen LogP contribution is 2.45. The maximum atomic E-state index is 12.4. The summed E-state index contributed by atoms with van der Waals surface area (Å²) in [4.78, 5) is 24.0. The Hall–Kier alpha value is -1.92. The summed E-state index contributed by atoms with van der Waals surface area (Å²) in [6.07, 6.45) is 4.38. The van der Waals surface area contributed by atoms with E-state index in [2.05, 4.69) is 15.5 Å². The molecule has 1 aromatic heterocycles. The highest BCUT2D eigenvalue weighted by molar-refractivity contribution is 5.87. The summed E-state index contributed by atoms with van der Waals surface area (Å²) in [5.74, 6) is 0.0833. The molecule has 3 rings (SSSR count). The van der Waals surface area contributed by atoms with Gasteiger partial charge in [0.2, 0.25) is 17.7 Å². The fourth-order valence-corrected chi connectivity index (χ4v) is 3.24. The summed E-state index contributed by atoms with van der Waals surface area (Å²) >= 11 is 0. The molecule has 2 fully saturated rings. The van der Waals surface area contributed by atoms with Crippen molar-refractivity contribution < 1.29 is 18.7 Å². The van der Waals surface area contributed by atoms with Crippen LogP contribution in [0.3, 0.4) is 0 Å². The Morgan fingerprint density at radius 2 is 2.05 bits per heavy atom. The fraction of sp³-hybridized carbons (Fsp3) is 0.714. The predicted molar refractivity (Wildman–Crippen MR) is 70.9 cm³/mol. The molecule has 0 radical (unpaired) electrons. The first-order valence-corrected chi connectivity index (χ1v) is 7.44. The molecule has 1 saturated heterocycles. The van der Waals surface area contributed by atoms with Crippen LogP contribution in [0.25, 0.3) is 0 Å². The van der Waals surface area contributed by atoms with Gasteiger partial charge in [0.1, 0.15) is 5.60 Å². The van der Waals surface area contributed by atoms with E-state index >= 15 is 0 Å². The minimum absolute atomic E-state index is 0.163. The molecular formula is C14H19N3O4. The number of carbonyl (C=O) groups is 2. The number of ether oxygens (including phenoxy) is 1. The average Bonchev–Trinajstić information content (AvgIpc) is 3.18. The van der Waals surface area contributed by atoms with E-state index in [1.54, 1.807) is 0 Å². The van der Waals surface area contributed by atoms with Gasteiger partial charge in [-0.25, -0.2) is 0 Å². The molecule has 0 unspecified atom stereocenters. The maximum Gasteiger partial charge on any atom is 0.307 e. The van der Waals surface area contributed by atoms with E-state index in [0.29, 0.717) is 18.2 Å². The Bertz CT molecular complexity index is 548. The van der Waals surface area contributed by atoms with E-state index in [0.717, 1.165) is 25.7 Å². The summed E-state index contributed by atoms with van der Waals surface area (Å²) < 4.78 is 10.8. The molecule has 7 nitrogen and oxygen atoms in total. The van der Waals surface area contributed by atoms with Crippen LogP contribution in [0.4, 0.5) is 0 Å². The standard InChI is InChI=1S/C14H19N3O4/c1-2-10-16-17-11(20-10)8-15-13(19)9-7-12(18)21-14(9)5-3-4-6-14/h9H,2-8H2,1H3,(H,15,19)/t9-/m1/s1. The Labute approximate surface area is 122 Å². The van der Waals surface area contributed by atoms with E-state index in [9.17, 15) is 9.59 Å². The van der Waals surface area contributed by atoms with Gasteiger partial charge < -0.3 is 14.5 Å². The third-order valence-electron chi connectivity index (χ3n) is 4.31. The Kier molecular flexibility index (Phi) is 3.65. The van der Waals surface area contributed by atoms with Gasteiger partial charge in [0.25, 0.3) is 0 Å². The normalized spacial score (nSPS) is 23.5. The number of nitrogens with zero attached hydrogens (tertiary/aromatic N) is 2. The van der Waals surface area contributed by atoms with Crippen LogP contribution in [-0.4, -0.2) is 27.7 Å². The van der Waals surface area contributed by atoms with Gasteiger partial charge >= 0.3 is 5.97 Å². The zero-order valence-electron chi connectivity index (χ0n) is 12.1. The predicted octanol–water partition coefficient (Wildman–Crippen LogP) is 1.12. The lowest BCUT2D eigenvalue weighted by atomic mass is 9.85. The van der Waals surface area contributed by atoms with Gasteiger partial charge in [-0.15, -0.1) is 10.2 Å². The Balaban J connectivity index is 1.63. The lowest BCUT2D eigenvalue weighted by Gasteiger charge is -2.27. The zero-order valence-corrected chi connectivity index (χ0v) is 12.1. The molecule has 21 heavy (non-hydrogen) atoms. The number of rotatable bonds is 4. The molecule has 1 aromatic rings. The van der Waals surface area contributed by atoms with Crippen molar-refractivity contribution in [2.24, 2.45) is 5.92 Å². The van der Waals surface area contributed by atoms with Crippen molar-refractivity contribution in [2.75, 3.05) is 0 Å². The number of nitrogens with one attached hydrogen (secondary N) is 1. The number of aromatic nitrogens is 2. The van der Waals surface area contributed by atoms with Crippen molar-refractivity contribution in [2.45, 2.75) is 57.6 Å². The van der Waals surface area contributed by atoms with Crippen molar-refractivity contribution >= 4 is 11.9 Å². The molecule has 2 heterocycles. The number of carbonyl (C=O) groups excluding carboxylic acids is 2. The molecular weight excluding hydrogens is 274 g/mol. The van der Waals surface area contributed by atoms with Gasteiger partial charge in [0.15, 0.2) is 0 Å². The summed E-state index contributed by atoms with van der Waals surface area (Å²) in [6.45, 7) is 2.10. The SMILES string of the molecule is CCc1nnc(CNC(=O)[C@H]2CC(=O)OC23CCCC3)o1. The first-order valence-electron chi connectivity index (χ1n) is 7.44. The summed E-state index contributed by atoms with van der Waals surface area (Å²) in [7, 11) is 0. The second-order valence-corrected chi connectivity index (χ2v) is 5.66. The van der Waals surface area contributed by atoms with Crippen LogP contribution in [0.2, 0.25) is 0 Å². The number of hydrogen-bond donors (Lipinski definition) is 1. The monoisotopic (exact) mass is 293 g/mol. The summed E-state index contributed by atoms with van der Waals surface area (Å²) in [5, 5.41) is 10.5. The number of aryl methyl sites for hydroxylation is 1. The highest BCUT2D eigenvalue weighted by atomic mass is 16.6. The first-order chi connectivity index (χ1) is 10.1. The van der Waals surface area contributed by atoms with E-state index in [-0.39, 0.29) is 24.8 Å². The Morgan fingerprint density at radius 3 is 2.71 bits per heavy atom. The quantitative estimate of drug-likeness (QED) is 0.836. The van der Waals surface area contributed by atoms with Crippen molar-refractivity contribution in [1.29, 1.82) is 0 Å². The molecule has 114 valence electrons. The lowest BCUT2D eigenvalue weighted by molar-refractivity contribution is -0.150. The third-order valence-corrected chi connectivity index (χ3v) is 4.31. The lowest BCUT2D eigenvalue weighted by Crippen LogP contribution is -2.42. The number of amides is 1. The minimum atomic E-state index is -0.579. The van der Waals surface area contributed by atoms with Crippen molar-refractivity contribution in [3.8, 4) is 0 Å². The molecule has 0 aromatic carbocycles. The topological polar surface area (TPSA) is 94.3 Å². The zero-order chi connectivity index (χ0) is 14.9. The Morgan fingerprint density at radius 1 is 1.33 bits per heavy atom. The van der Waals surface area contributed by atoms with Crippen molar-refractivity contribution in [3.05, 3.63) is 11.8 Å². The number of esters is 1. The molecule has 1 aliphatic carbocycles. The average molecular weight is 293 g/mol. The smallest absolute Gasteiger partial charge is 0.307 e. The van der Waals surface area contributed by atoms with Crippen LogP contribution in [0.15, 0.2) is 4.42 Å². The van der Waals surface area contributed by atoms with Crippen LogP contribution in [0.1, 0.15) is 50.8 Å². The highest BCUT2D eigenvalue weighted by Gasteiger charge is 2.53. The third kappa shape index (κ3) is 2.64. The molecule has 0 bridgehead atoms. The first kappa shape index (κ1) is 14.0. The molecule has 1 spiro atoms. The summed E-state index contributed by atoms with van der Waals surface area (Å²) in [5.41, 5.74) is -0.579. The maximum absolute atomic E-state index is 12.4.